The molecule has 8 heteroatoms. The van der Waals surface area contributed by atoms with Crippen molar-refractivity contribution < 1.29 is 13.9 Å². The third-order valence-corrected chi connectivity index (χ3v) is 3.63. The number of carbonyl (C=O) groups excluding carboxylic acids is 1. The number of rotatable bonds is 7. The first-order valence-electron chi connectivity index (χ1n) is 8.23. The maximum absolute atomic E-state index is 12.8. The first-order valence-corrected chi connectivity index (χ1v) is 8.23. The molecule has 27 heavy (non-hydrogen) atoms. The van der Waals surface area contributed by atoms with Crippen LogP contribution in [0.2, 0.25) is 0 Å². The number of ether oxygens (including phenoxy) is 1. The van der Waals surface area contributed by atoms with E-state index in [1.807, 2.05) is 24.3 Å². The molecule has 0 atom stereocenters. The molecule has 2 rings (SSSR count). The van der Waals surface area contributed by atoms with Gasteiger partial charge in [0.15, 0.2) is 5.96 Å². The number of carbonyl (C=O) groups is 1. The van der Waals surface area contributed by atoms with Crippen molar-refractivity contribution in [3.05, 3.63) is 59.9 Å². The monoisotopic (exact) mass is 486 g/mol. The van der Waals surface area contributed by atoms with E-state index >= 15 is 0 Å². The number of halogens is 2. The summed E-state index contributed by atoms with van der Waals surface area (Å²) in [5.74, 6) is 0.774. The number of hydrogen-bond acceptors (Lipinski definition) is 3. The standard InChI is InChI=1S/C19H23FN4O2.HI/c1-21-19(22-12-11-14-3-9-17(26-2)10-4-14)23-13-18(25)24-16-7-5-15(20)6-8-16;/h3-10H,11-13H2,1-2H3,(H,24,25)(H2,21,22,23);1H. The second kappa shape index (κ2) is 12.1. The molecule has 0 aromatic heterocycles. The quantitative estimate of drug-likeness (QED) is 0.320. The molecule has 3 N–H and O–H groups in total. The summed E-state index contributed by atoms with van der Waals surface area (Å²) < 4.78 is 18.0. The average molecular weight is 486 g/mol. The highest BCUT2D eigenvalue weighted by atomic mass is 127. The Bertz CT molecular complexity index is 736. The van der Waals surface area contributed by atoms with Gasteiger partial charge in [0.25, 0.3) is 0 Å². The van der Waals surface area contributed by atoms with E-state index in [1.165, 1.54) is 29.8 Å². The SMILES string of the molecule is CN=C(NCCc1ccc(OC)cc1)NCC(=O)Nc1ccc(F)cc1.I. The Balaban J connectivity index is 0.00000364. The summed E-state index contributed by atoms with van der Waals surface area (Å²) in [5.41, 5.74) is 1.71. The number of benzene rings is 2. The smallest absolute Gasteiger partial charge is 0.243 e. The van der Waals surface area contributed by atoms with E-state index in [4.69, 9.17) is 4.74 Å². The van der Waals surface area contributed by atoms with E-state index in [0.717, 1.165) is 12.2 Å². The fourth-order valence-corrected chi connectivity index (χ4v) is 2.24. The van der Waals surface area contributed by atoms with Gasteiger partial charge in [-0.3, -0.25) is 9.79 Å². The highest BCUT2D eigenvalue weighted by Crippen LogP contribution is 2.11. The molecule has 0 saturated carbocycles. The molecule has 0 radical (unpaired) electrons. The third kappa shape index (κ3) is 8.25. The minimum Gasteiger partial charge on any atom is -0.497 e. The summed E-state index contributed by atoms with van der Waals surface area (Å²) >= 11 is 0. The Hall–Kier alpha value is -2.36. The minimum atomic E-state index is -0.345. The van der Waals surface area contributed by atoms with Crippen LogP contribution in [0.25, 0.3) is 0 Å². The molecular weight excluding hydrogens is 462 g/mol. The molecule has 6 nitrogen and oxygen atoms in total. The van der Waals surface area contributed by atoms with Crippen LogP contribution in [0.3, 0.4) is 0 Å². The van der Waals surface area contributed by atoms with Crippen LogP contribution in [-0.2, 0) is 11.2 Å². The van der Waals surface area contributed by atoms with Crippen LogP contribution < -0.4 is 20.7 Å². The van der Waals surface area contributed by atoms with Gasteiger partial charge in [-0.05, 0) is 48.4 Å². The van der Waals surface area contributed by atoms with Crippen LogP contribution in [0.1, 0.15) is 5.56 Å². The molecule has 2 aromatic carbocycles. The van der Waals surface area contributed by atoms with Crippen molar-refractivity contribution in [1.82, 2.24) is 10.6 Å². The van der Waals surface area contributed by atoms with E-state index in [1.54, 1.807) is 14.2 Å². The Kier molecular flexibility index (Phi) is 10.2. The van der Waals surface area contributed by atoms with Gasteiger partial charge in [0.05, 0.1) is 13.7 Å². The molecule has 0 bridgehead atoms. The molecular formula is C19H24FIN4O2. The maximum atomic E-state index is 12.8. The van der Waals surface area contributed by atoms with Crippen LogP contribution >= 0.6 is 24.0 Å². The average Bonchev–Trinajstić information content (AvgIpc) is 2.67. The molecule has 0 spiro atoms. The lowest BCUT2D eigenvalue weighted by molar-refractivity contribution is -0.115. The zero-order valence-electron chi connectivity index (χ0n) is 15.3. The van der Waals surface area contributed by atoms with Gasteiger partial charge in [-0.15, -0.1) is 24.0 Å². The number of methoxy groups -OCH3 is 1. The molecule has 0 aliphatic rings. The van der Waals surface area contributed by atoms with Crippen molar-refractivity contribution in [2.45, 2.75) is 6.42 Å². The highest BCUT2D eigenvalue weighted by molar-refractivity contribution is 14.0. The van der Waals surface area contributed by atoms with Gasteiger partial charge in [-0.1, -0.05) is 12.1 Å². The summed E-state index contributed by atoms with van der Waals surface area (Å²) in [5, 5.41) is 8.77. The Labute approximate surface area is 175 Å². The van der Waals surface area contributed by atoms with Crippen molar-refractivity contribution in [1.29, 1.82) is 0 Å². The first-order chi connectivity index (χ1) is 12.6. The number of hydrogen-bond donors (Lipinski definition) is 3. The predicted octanol–water partition coefficient (Wildman–Crippen LogP) is 2.80. The van der Waals surface area contributed by atoms with Crippen molar-refractivity contribution in [2.75, 3.05) is 32.6 Å². The van der Waals surface area contributed by atoms with Crippen LogP contribution in [0.15, 0.2) is 53.5 Å². The fraction of sp³-hybridized carbons (Fsp3) is 0.263. The topological polar surface area (TPSA) is 74.8 Å². The second-order valence-electron chi connectivity index (χ2n) is 5.51. The molecule has 0 saturated heterocycles. The Morgan fingerprint density at radius 1 is 1.07 bits per heavy atom. The Morgan fingerprint density at radius 3 is 2.33 bits per heavy atom. The molecule has 0 aliphatic carbocycles. The molecule has 146 valence electrons. The molecule has 0 fully saturated rings. The summed E-state index contributed by atoms with van der Waals surface area (Å²) in [6.45, 7) is 0.727. The van der Waals surface area contributed by atoms with Gasteiger partial charge < -0.3 is 20.7 Å². The van der Waals surface area contributed by atoms with E-state index in [2.05, 4.69) is 20.9 Å². The van der Waals surface area contributed by atoms with E-state index in [-0.39, 0.29) is 42.2 Å². The molecule has 1 amide bonds. The fourth-order valence-electron chi connectivity index (χ4n) is 2.24. The van der Waals surface area contributed by atoms with Crippen molar-refractivity contribution >= 4 is 41.5 Å². The van der Waals surface area contributed by atoms with Crippen LogP contribution in [-0.4, -0.2) is 39.1 Å². The zero-order valence-corrected chi connectivity index (χ0v) is 17.6. The number of amides is 1. The molecule has 0 aliphatic heterocycles. The van der Waals surface area contributed by atoms with Crippen molar-refractivity contribution in [3.63, 3.8) is 0 Å². The minimum absolute atomic E-state index is 0. The molecule has 0 heterocycles. The largest absolute Gasteiger partial charge is 0.497 e. The number of anilines is 1. The van der Waals surface area contributed by atoms with Gasteiger partial charge in [0, 0.05) is 19.3 Å². The lowest BCUT2D eigenvalue weighted by Gasteiger charge is -2.12. The van der Waals surface area contributed by atoms with Crippen molar-refractivity contribution in [2.24, 2.45) is 4.99 Å². The van der Waals surface area contributed by atoms with Crippen LogP contribution in [0.5, 0.6) is 5.75 Å². The van der Waals surface area contributed by atoms with E-state index < -0.39 is 0 Å². The number of aliphatic imine (C=N–C) groups is 1. The molecule has 2 aromatic rings. The summed E-state index contributed by atoms with van der Waals surface area (Å²) in [7, 11) is 3.28. The number of nitrogens with one attached hydrogen (secondary N) is 3. The van der Waals surface area contributed by atoms with E-state index in [0.29, 0.717) is 18.2 Å². The second-order valence-corrected chi connectivity index (χ2v) is 5.51. The summed E-state index contributed by atoms with van der Waals surface area (Å²) in [6.07, 6.45) is 0.812. The zero-order chi connectivity index (χ0) is 18.8. The van der Waals surface area contributed by atoms with Crippen LogP contribution in [0, 0.1) is 5.82 Å². The van der Waals surface area contributed by atoms with Gasteiger partial charge in [0.1, 0.15) is 11.6 Å². The van der Waals surface area contributed by atoms with E-state index in [9.17, 15) is 9.18 Å². The van der Waals surface area contributed by atoms with Crippen molar-refractivity contribution in [3.8, 4) is 5.75 Å². The first kappa shape index (κ1) is 22.7. The maximum Gasteiger partial charge on any atom is 0.243 e. The summed E-state index contributed by atoms with van der Waals surface area (Å²) in [4.78, 5) is 16.0. The van der Waals surface area contributed by atoms with Gasteiger partial charge >= 0.3 is 0 Å². The Morgan fingerprint density at radius 2 is 1.74 bits per heavy atom. The van der Waals surface area contributed by atoms with Crippen LogP contribution in [0.4, 0.5) is 10.1 Å². The summed E-state index contributed by atoms with van der Waals surface area (Å²) in [6, 6.07) is 13.5. The third-order valence-electron chi connectivity index (χ3n) is 3.63. The predicted molar refractivity (Wildman–Crippen MR) is 117 cm³/mol. The van der Waals surface area contributed by atoms with Gasteiger partial charge in [-0.2, -0.15) is 0 Å². The highest BCUT2D eigenvalue weighted by Gasteiger charge is 2.04. The van der Waals surface area contributed by atoms with Gasteiger partial charge in [-0.25, -0.2) is 4.39 Å². The number of nitrogens with zero attached hydrogens (tertiary/aromatic N) is 1. The molecule has 0 unspecified atom stereocenters. The normalized spacial score (nSPS) is 10.6. The number of guanidine groups is 1. The lowest BCUT2D eigenvalue weighted by Crippen LogP contribution is -2.42. The lowest BCUT2D eigenvalue weighted by atomic mass is 10.1. The van der Waals surface area contributed by atoms with Gasteiger partial charge in [0.2, 0.25) is 5.91 Å².